The number of nitrogen functional groups attached to an aromatic ring is 1. The summed E-state index contributed by atoms with van der Waals surface area (Å²) in [6, 6.07) is 7.53. The van der Waals surface area contributed by atoms with Crippen LogP contribution in [0.15, 0.2) is 30.5 Å². The van der Waals surface area contributed by atoms with Crippen LogP contribution in [0.4, 0.5) is 11.8 Å². The molecule has 3 aromatic rings. The van der Waals surface area contributed by atoms with Gasteiger partial charge in [-0.2, -0.15) is 4.98 Å². The van der Waals surface area contributed by atoms with E-state index in [9.17, 15) is 0 Å². The highest BCUT2D eigenvalue weighted by Gasteiger charge is 2.11. The van der Waals surface area contributed by atoms with E-state index in [0.717, 1.165) is 16.6 Å². The number of benzene rings is 1. The van der Waals surface area contributed by atoms with Gasteiger partial charge < -0.3 is 20.5 Å². The van der Waals surface area contributed by atoms with Gasteiger partial charge in [0, 0.05) is 29.9 Å². The molecule has 0 fully saturated rings. The van der Waals surface area contributed by atoms with Gasteiger partial charge in [-0.3, -0.25) is 4.98 Å². The fraction of sp³-hybridized carbons (Fsp3) is 0.235. The maximum absolute atomic E-state index is 6.06. The molecule has 0 saturated heterocycles. The molecule has 0 saturated carbocycles. The summed E-state index contributed by atoms with van der Waals surface area (Å²) in [5, 5.41) is 3.88. The van der Waals surface area contributed by atoms with Crippen molar-refractivity contribution in [1.82, 2.24) is 15.0 Å². The van der Waals surface area contributed by atoms with E-state index in [1.54, 1.807) is 26.4 Å². The van der Waals surface area contributed by atoms with Crippen molar-refractivity contribution in [3.63, 3.8) is 0 Å². The molecular formula is C17H19N5O2. The van der Waals surface area contributed by atoms with Crippen molar-refractivity contribution in [2.45, 2.75) is 13.5 Å². The molecule has 0 spiro atoms. The van der Waals surface area contributed by atoms with Crippen molar-refractivity contribution in [2.75, 3.05) is 25.3 Å². The van der Waals surface area contributed by atoms with E-state index in [4.69, 9.17) is 15.2 Å². The molecule has 7 heteroatoms. The molecule has 0 bridgehead atoms. The number of anilines is 2. The van der Waals surface area contributed by atoms with Crippen molar-refractivity contribution in [2.24, 2.45) is 0 Å². The van der Waals surface area contributed by atoms with Gasteiger partial charge in [0.1, 0.15) is 5.82 Å². The van der Waals surface area contributed by atoms with Gasteiger partial charge in [0.05, 0.1) is 19.7 Å². The summed E-state index contributed by atoms with van der Waals surface area (Å²) >= 11 is 0. The Morgan fingerprint density at radius 3 is 2.50 bits per heavy atom. The maximum atomic E-state index is 6.06. The molecule has 0 atom stereocenters. The molecule has 3 rings (SSSR count). The fourth-order valence-corrected chi connectivity index (χ4v) is 2.34. The van der Waals surface area contributed by atoms with Crippen LogP contribution in [0.1, 0.15) is 11.3 Å². The molecule has 3 N–H and O–H groups in total. The van der Waals surface area contributed by atoms with Crippen molar-refractivity contribution in [3.05, 3.63) is 41.7 Å². The number of nitrogens with two attached hydrogens (primary N) is 1. The number of aryl methyl sites for hydroxylation is 1. The number of rotatable bonds is 5. The van der Waals surface area contributed by atoms with Crippen LogP contribution in [0.2, 0.25) is 0 Å². The minimum Gasteiger partial charge on any atom is -0.493 e. The van der Waals surface area contributed by atoms with Crippen LogP contribution >= 0.6 is 0 Å². The van der Waals surface area contributed by atoms with E-state index in [1.165, 1.54) is 0 Å². The molecule has 124 valence electrons. The number of nitrogens with zero attached hydrogens (tertiary/aromatic N) is 3. The van der Waals surface area contributed by atoms with E-state index in [-0.39, 0.29) is 0 Å². The first-order valence-electron chi connectivity index (χ1n) is 7.45. The van der Waals surface area contributed by atoms with Crippen molar-refractivity contribution in [3.8, 4) is 11.5 Å². The summed E-state index contributed by atoms with van der Waals surface area (Å²) in [5.74, 6) is 2.02. The number of nitrogens with one attached hydrogen (secondary N) is 1. The standard InChI is InChI=1S/C17H19N5O2/c1-10-4-5-11(8-19-10)9-20-17-21-13-7-15(24-3)14(23-2)6-12(13)16(18)22-17/h4-8H,9H2,1-3H3,(H3,18,20,21,22). The minimum atomic E-state index is 0.380. The van der Waals surface area contributed by atoms with E-state index in [1.807, 2.05) is 25.3 Å². The molecule has 0 aliphatic rings. The summed E-state index contributed by atoms with van der Waals surface area (Å²) < 4.78 is 10.6. The van der Waals surface area contributed by atoms with Crippen molar-refractivity contribution in [1.29, 1.82) is 0 Å². The van der Waals surface area contributed by atoms with E-state index >= 15 is 0 Å². The van der Waals surface area contributed by atoms with Crippen LogP contribution < -0.4 is 20.5 Å². The van der Waals surface area contributed by atoms with Crippen molar-refractivity contribution >= 4 is 22.7 Å². The number of methoxy groups -OCH3 is 2. The molecule has 0 aliphatic carbocycles. The first kappa shape index (κ1) is 15.8. The number of hydrogen-bond acceptors (Lipinski definition) is 7. The number of ether oxygens (including phenoxy) is 2. The Hall–Kier alpha value is -3.09. The zero-order chi connectivity index (χ0) is 17.1. The average molecular weight is 325 g/mol. The molecule has 24 heavy (non-hydrogen) atoms. The molecule has 0 amide bonds. The summed E-state index contributed by atoms with van der Waals surface area (Å²) in [7, 11) is 3.16. The Kier molecular flexibility index (Phi) is 4.33. The quantitative estimate of drug-likeness (QED) is 0.744. The number of fused-ring (bicyclic) bond motifs is 1. The fourth-order valence-electron chi connectivity index (χ4n) is 2.34. The topological polar surface area (TPSA) is 95.2 Å². The lowest BCUT2D eigenvalue weighted by Crippen LogP contribution is -2.06. The van der Waals surface area contributed by atoms with Crippen LogP contribution in [0.25, 0.3) is 10.9 Å². The third-order valence-corrected chi connectivity index (χ3v) is 3.65. The second kappa shape index (κ2) is 6.57. The van der Waals surface area contributed by atoms with Gasteiger partial charge >= 0.3 is 0 Å². The zero-order valence-electron chi connectivity index (χ0n) is 13.8. The maximum Gasteiger partial charge on any atom is 0.225 e. The third-order valence-electron chi connectivity index (χ3n) is 3.65. The zero-order valence-corrected chi connectivity index (χ0v) is 13.8. The summed E-state index contributed by atoms with van der Waals surface area (Å²) in [6.45, 7) is 2.51. The molecule has 2 heterocycles. The Labute approximate surface area is 139 Å². The second-order valence-electron chi connectivity index (χ2n) is 5.32. The highest BCUT2D eigenvalue weighted by atomic mass is 16.5. The number of hydrogen-bond donors (Lipinski definition) is 2. The highest BCUT2D eigenvalue weighted by molar-refractivity contribution is 5.91. The van der Waals surface area contributed by atoms with Crippen LogP contribution in [-0.2, 0) is 6.54 Å². The molecule has 0 radical (unpaired) electrons. The molecule has 2 aromatic heterocycles. The summed E-state index contributed by atoms with van der Waals surface area (Å²) in [4.78, 5) is 13.1. The monoisotopic (exact) mass is 325 g/mol. The van der Waals surface area contributed by atoms with Gasteiger partial charge in [0.25, 0.3) is 0 Å². The molecule has 1 aromatic carbocycles. The van der Waals surface area contributed by atoms with E-state index in [2.05, 4.69) is 20.3 Å². The predicted octanol–water partition coefficient (Wildman–Crippen LogP) is 2.54. The first-order chi connectivity index (χ1) is 11.6. The number of aromatic nitrogens is 3. The van der Waals surface area contributed by atoms with Gasteiger partial charge in [0.2, 0.25) is 5.95 Å². The van der Waals surface area contributed by atoms with Gasteiger partial charge in [-0.15, -0.1) is 0 Å². The van der Waals surface area contributed by atoms with Crippen LogP contribution in [-0.4, -0.2) is 29.2 Å². The van der Waals surface area contributed by atoms with Gasteiger partial charge in [-0.25, -0.2) is 4.98 Å². The van der Waals surface area contributed by atoms with Crippen LogP contribution in [0, 0.1) is 6.92 Å². The Bertz CT molecular complexity index is 865. The predicted molar refractivity (Wildman–Crippen MR) is 93.4 cm³/mol. The van der Waals surface area contributed by atoms with Gasteiger partial charge in [0.15, 0.2) is 11.5 Å². The lowest BCUT2D eigenvalue weighted by atomic mass is 10.2. The minimum absolute atomic E-state index is 0.380. The van der Waals surface area contributed by atoms with E-state index < -0.39 is 0 Å². The Morgan fingerprint density at radius 2 is 1.83 bits per heavy atom. The smallest absolute Gasteiger partial charge is 0.225 e. The number of pyridine rings is 1. The van der Waals surface area contributed by atoms with Crippen LogP contribution in [0.5, 0.6) is 11.5 Å². The molecular weight excluding hydrogens is 306 g/mol. The largest absolute Gasteiger partial charge is 0.493 e. The molecule has 7 nitrogen and oxygen atoms in total. The van der Waals surface area contributed by atoms with Crippen molar-refractivity contribution < 1.29 is 9.47 Å². The van der Waals surface area contributed by atoms with Gasteiger partial charge in [-0.1, -0.05) is 6.07 Å². The van der Waals surface area contributed by atoms with Gasteiger partial charge in [-0.05, 0) is 24.6 Å². The average Bonchev–Trinajstić information content (AvgIpc) is 2.60. The molecule has 0 aliphatic heterocycles. The lowest BCUT2D eigenvalue weighted by molar-refractivity contribution is 0.356. The summed E-state index contributed by atoms with van der Waals surface area (Å²) in [6.07, 6.45) is 1.82. The summed E-state index contributed by atoms with van der Waals surface area (Å²) in [5.41, 5.74) is 8.76. The Morgan fingerprint density at radius 1 is 1.08 bits per heavy atom. The molecule has 0 unspecified atom stereocenters. The third kappa shape index (κ3) is 3.15. The highest BCUT2D eigenvalue weighted by Crippen LogP contribution is 2.33. The van der Waals surface area contributed by atoms with Crippen LogP contribution in [0.3, 0.4) is 0 Å². The first-order valence-corrected chi connectivity index (χ1v) is 7.45. The lowest BCUT2D eigenvalue weighted by Gasteiger charge is -2.11. The second-order valence-corrected chi connectivity index (χ2v) is 5.32. The normalized spacial score (nSPS) is 10.6. The SMILES string of the molecule is COc1cc2nc(NCc3ccc(C)nc3)nc(N)c2cc1OC. The Balaban J connectivity index is 1.90. The van der Waals surface area contributed by atoms with E-state index in [0.29, 0.717) is 35.3 Å².